The second-order valence-electron chi connectivity index (χ2n) is 4.72. The third kappa shape index (κ3) is 1.44. The van der Waals surface area contributed by atoms with Crippen molar-refractivity contribution < 1.29 is 5.11 Å². The predicted molar refractivity (Wildman–Crippen MR) is 47.3 cm³/mol. The van der Waals surface area contributed by atoms with E-state index in [0.717, 1.165) is 0 Å². The summed E-state index contributed by atoms with van der Waals surface area (Å²) in [6, 6.07) is 0. The van der Waals surface area contributed by atoms with Crippen molar-refractivity contribution in [2.75, 3.05) is 0 Å². The topological polar surface area (TPSA) is 20.2 Å². The Morgan fingerprint density at radius 1 is 1.18 bits per heavy atom. The molecule has 0 spiro atoms. The fourth-order valence-electron chi connectivity index (χ4n) is 2.07. The van der Waals surface area contributed by atoms with Gasteiger partial charge in [0.25, 0.3) is 0 Å². The molecule has 0 aromatic rings. The van der Waals surface area contributed by atoms with Gasteiger partial charge in [-0.25, -0.2) is 0 Å². The lowest BCUT2D eigenvalue weighted by atomic mass is 9.64. The highest BCUT2D eigenvalue weighted by molar-refractivity contribution is 4.90. The maximum Gasteiger partial charge on any atom is 0.0619 e. The van der Waals surface area contributed by atoms with Crippen LogP contribution in [0, 0.1) is 17.3 Å². The van der Waals surface area contributed by atoms with Gasteiger partial charge in [0.15, 0.2) is 0 Å². The lowest BCUT2D eigenvalue weighted by molar-refractivity contribution is -0.0579. The van der Waals surface area contributed by atoms with E-state index >= 15 is 0 Å². The molecule has 1 N–H and O–H groups in total. The molecule has 0 aromatic carbocycles. The summed E-state index contributed by atoms with van der Waals surface area (Å²) in [5.74, 6) is 1.15. The normalized spacial score (nSPS) is 43.9. The van der Waals surface area contributed by atoms with Gasteiger partial charge in [0.05, 0.1) is 6.10 Å². The first-order valence-electron chi connectivity index (χ1n) is 4.64. The summed E-state index contributed by atoms with van der Waals surface area (Å²) >= 11 is 0. The zero-order chi connectivity index (χ0) is 8.65. The van der Waals surface area contributed by atoms with Crippen LogP contribution in [-0.4, -0.2) is 11.2 Å². The maximum atomic E-state index is 9.88. The molecule has 0 bridgehead atoms. The van der Waals surface area contributed by atoms with Crippen LogP contribution in [0.2, 0.25) is 0 Å². The summed E-state index contributed by atoms with van der Waals surface area (Å²) in [6.07, 6.45) is 2.35. The van der Waals surface area contributed by atoms with Gasteiger partial charge >= 0.3 is 0 Å². The predicted octanol–water partition coefficient (Wildman–Crippen LogP) is 2.44. The highest BCUT2D eigenvalue weighted by Crippen LogP contribution is 2.42. The fourth-order valence-corrected chi connectivity index (χ4v) is 2.07. The van der Waals surface area contributed by atoms with Crippen LogP contribution in [0.3, 0.4) is 0 Å². The van der Waals surface area contributed by atoms with Crippen molar-refractivity contribution in [3.63, 3.8) is 0 Å². The standard InChI is InChI=1S/C10H20O/c1-7-5-6-8(2)10(3,4)9(7)11/h7-9,11H,5-6H2,1-4H3/t7-,8-,9+/m1/s1. The smallest absolute Gasteiger partial charge is 0.0619 e. The second-order valence-corrected chi connectivity index (χ2v) is 4.72. The Balaban J connectivity index is 2.72. The zero-order valence-corrected chi connectivity index (χ0v) is 8.09. The molecule has 11 heavy (non-hydrogen) atoms. The van der Waals surface area contributed by atoms with E-state index in [1.807, 2.05) is 0 Å². The Kier molecular flexibility index (Phi) is 2.29. The van der Waals surface area contributed by atoms with E-state index in [4.69, 9.17) is 0 Å². The third-order valence-electron chi connectivity index (χ3n) is 3.63. The van der Waals surface area contributed by atoms with Crippen molar-refractivity contribution >= 4 is 0 Å². The Labute approximate surface area is 69.8 Å². The molecule has 1 aliphatic carbocycles. The Bertz CT molecular complexity index is 140. The number of aliphatic hydroxyl groups is 1. The van der Waals surface area contributed by atoms with Crippen molar-refractivity contribution in [2.45, 2.75) is 46.6 Å². The average molecular weight is 156 g/mol. The van der Waals surface area contributed by atoms with Gasteiger partial charge in [0.2, 0.25) is 0 Å². The molecule has 0 radical (unpaired) electrons. The molecular formula is C10H20O. The first-order valence-corrected chi connectivity index (χ1v) is 4.64. The van der Waals surface area contributed by atoms with Crippen LogP contribution in [0.1, 0.15) is 40.5 Å². The van der Waals surface area contributed by atoms with Gasteiger partial charge in [-0.15, -0.1) is 0 Å². The van der Waals surface area contributed by atoms with Crippen LogP contribution >= 0.6 is 0 Å². The lowest BCUT2D eigenvalue weighted by Gasteiger charge is -2.44. The second kappa shape index (κ2) is 2.78. The number of rotatable bonds is 0. The van der Waals surface area contributed by atoms with Crippen molar-refractivity contribution in [1.82, 2.24) is 0 Å². The molecule has 0 unspecified atom stereocenters. The van der Waals surface area contributed by atoms with Gasteiger partial charge < -0.3 is 5.11 Å². The van der Waals surface area contributed by atoms with E-state index in [1.54, 1.807) is 0 Å². The molecule has 66 valence electrons. The van der Waals surface area contributed by atoms with Crippen LogP contribution in [0.5, 0.6) is 0 Å². The summed E-state index contributed by atoms with van der Waals surface area (Å²) < 4.78 is 0. The molecule has 1 aliphatic rings. The zero-order valence-electron chi connectivity index (χ0n) is 8.09. The summed E-state index contributed by atoms with van der Waals surface area (Å²) in [7, 11) is 0. The monoisotopic (exact) mass is 156 g/mol. The summed E-state index contributed by atoms with van der Waals surface area (Å²) in [6.45, 7) is 8.75. The SMILES string of the molecule is C[C@@H]1CC[C@@H](C)C(C)(C)[C@H]1O. The fraction of sp³-hybridized carbons (Fsp3) is 1.00. The van der Waals surface area contributed by atoms with Gasteiger partial charge in [-0.3, -0.25) is 0 Å². The van der Waals surface area contributed by atoms with Crippen molar-refractivity contribution in [1.29, 1.82) is 0 Å². The van der Waals surface area contributed by atoms with E-state index in [1.165, 1.54) is 12.8 Å². The lowest BCUT2D eigenvalue weighted by Crippen LogP contribution is -2.43. The van der Waals surface area contributed by atoms with E-state index < -0.39 is 0 Å². The minimum atomic E-state index is -0.105. The Morgan fingerprint density at radius 3 is 2.18 bits per heavy atom. The van der Waals surface area contributed by atoms with Gasteiger partial charge in [0.1, 0.15) is 0 Å². The quantitative estimate of drug-likeness (QED) is 0.571. The molecule has 1 rings (SSSR count). The molecule has 0 aliphatic heterocycles. The molecule has 0 amide bonds. The number of aliphatic hydroxyl groups excluding tert-OH is 1. The molecule has 1 heteroatoms. The number of hydrogen-bond acceptors (Lipinski definition) is 1. The van der Waals surface area contributed by atoms with Crippen LogP contribution in [0.4, 0.5) is 0 Å². The van der Waals surface area contributed by atoms with Gasteiger partial charge in [-0.05, 0) is 30.1 Å². The Hall–Kier alpha value is -0.0400. The van der Waals surface area contributed by atoms with Crippen LogP contribution in [0.25, 0.3) is 0 Å². The van der Waals surface area contributed by atoms with E-state index in [2.05, 4.69) is 27.7 Å². The summed E-state index contributed by atoms with van der Waals surface area (Å²) in [5.41, 5.74) is 0.123. The summed E-state index contributed by atoms with van der Waals surface area (Å²) in [4.78, 5) is 0. The van der Waals surface area contributed by atoms with Crippen molar-refractivity contribution in [2.24, 2.45) is 17.3 Å². The molecular weight excluding hydrogens is 136 g/mol. The average Bonchev–Trinajstić information content (AvgIpc) is 1.95. The highest BCUT2D eigenvalue weighted by atomic mass is 16.3. The molecule has 1 fully saturated rings. The van der Waals surface area contributed by atoms with E-state index in [9.17, 15) is 5.11 Å². The Morgan fingerprint density at radius 2 is 1.73 bits per heavy atom. The van der Waals surface area contributed by atoms with Crippen LogP contribution < -0.4 is 0 Å². The minimum absolute atomic E-state index is 0.105. The molecule has 0 saturated heterocycles. The first-order chi connectivity index (χ1) is 4.96. The molecule has 1 saturated carbocycles. The molecule has 0 heterocycles. The van der Waals surface area contributed by atoms with Gasteiger partial charge in [0, 0.05) is 0 Å². The highest BCUT2D eigenvalue weighted by Gasteiger charge is 2.40. The first kappa shape index (κ1) is 9.05. The van der Waals surface area contributed by atoms with Crippen LogP contribution in [-0.2, 0) is 0 Å². The molecule has 0 aromatic heterocycles. The van der Waals surface area contributed by atoms with Crippen LogP contribution in [0.15, 0.2) is 0 Å². The largest absolute Gasteiger partial charge is 0.392 e. The van der Waals surface area contributed by atoms with Crippen molar-refractivity contribution in [3.05, 3.63) is 0 Å². The third-order valence-corrected chi connectivity index (χ3v) is 3.63. The minimum Gasteiger partial charge on any atom is -0.392 e. The van der Waals surface area contributed by atoms with E-state index in [-0.39, 0.29) is 11.5 Å². The van der Waals surface area contributed by atoms with E-state index in [0.29, 0.717) is 11.8 Å². The van der Waals surface area contributed by atoms with Crippen molar-refractivity contribution in [3.8, 4) is 0 Å². The summed E-state index contributed by atoms with van der Waals surface area (Å²) in [5, 5.41) is 9.88. The molecule has 1 nitrogen and oxygen atoms in total. The maximum absolute atomic E-state index is 9.88. The van der Waals surface area contributed by atoms with Gasteiger partial charge in [-0.2, -0.15) is 0 Å². The van der Waals surface area contributed by atoms with Gasteiger partial charge in [-0.1, -0.05) is 27.7 Å². The molecule has 3 atom stereocenters. The number of hydrogen-bond donors (Lipinski definition) is 1.